The van der Waals surface area contributed by atoms with E-state index in [0.717, 1.165) is 156 Å². The summed E-state index contributed by atoms with van der Waals surface area (Å²) >= 11 is 0. The fraction of sp³-hybridized carbons (Fsp3) is 0.0517. The van der Waals surface area contributed by atoms with Crippen molar-refractivity contribution in [3.05, 3.63) is 435 Å². The van der Waals surface area contributed by atoms with Crippen LogP contribution >= 0.6 is 0 Å². The first-order valence-corrected chi connectivity index (χ1v) is 43.1. The molecule has 0 aliphatic carbocycles. The quantitative estimate of drug-likeness (QED) is 0.113. The number of nitrogens with zero attached hydrogens (tertiary/aromatic N) is 10. The minimum Gasteiger partial charge on any atom is -0.310 e. The van der Waals surface area contributed by atoms with E-state index in [1.807, 2.05) is 54.6 Å². The van der Waals surface area contributed by atoms with E-state index in [0.29, 0.717) is 35.1 Å². The van der Waals surface area contributed by atoms with E-state index >= 15 is 0 Å². The Balaban J connectivity index is 0.634. The highest BCUT2D eigenvalue weighted by atomic mass is 15.2. The smallest absolute Gasteiger partial charge is 0.238 e. The van der Waals surface area contributed by atoms with Gasteiger partial charge >= 0.3 is 0 Å². The highest BCUT2D eigenvalue weighted by Gasteiger charge is 2.41. The summed E-state index contributed by atoms with van der Waals surface area (Å²) in [5.41, 5.74) is 29.3. The van der Waals surface area contributed by atoms with Crippen molar-refractivity contribution in [3.8, 4) is 113 Å². The normalized spacial score (nSPS) is 13.2. The van der Waals surface area contributed by atoms with E-state index < -0.39 is 10.8 Å². The molecule has 6 heterocycles. The van der Waals surface area contributed by atoms with Gasteiger partial charge in [-0.15, -0.1) is 0 Å². The van der Waals surface area contributed by atoms with Crippen LogP contribution in [0.4, 0.5) is 34.1 Å². The van der Waals surface area contributed by atoms with Gasteiger partial charge in [-0.2, -0.15) is 9.97 Å². The molecule has 126 heavy (non-hydrogen) atoms. The van der Waals surface area contributed by atoms with Crippen LogP contribution in [0.3, 0.4) is 0 Å². The number of benzene rings is 18. The standard InChI is InChI=1S/C116H80N10/c1-115(2)95-62-56-82(70-102(95)124(87-43-21-10-22-44-87)104-72-84(57-63-96(104)115)92-49-29-51-94-106-90-47-26-24-33-76(90)60-67-101(106)126(108(92)94)114-121-111(79-38-17-8-18-39-79)120-112(122-114)80-54-52-74(53-55-80)73-30-11-5-12-31-73)81-61-65-99-98(69-81)116(3,4)97-64-58-83(71-103(97)123(99)86-41-19-9-20-42-86)91-48-28-50-93-105-89-46-25-23-32-75(89)59-66-100(105)125(107(91)93)88-45-27-40-85(68-88)113-118-109(77-34-13-6-14-35-77)117-110(119-113)78-36-15-7-16-37-78/h5-72H,1-4H3. The van der Waals surface area contributed by atoms with Crippen LogP contribution in [-0.2, 0) is 10.8 Å². The SMILES string of the molecule is CC1(C)c2ccc(-c3ccc4c(c3)C(C)(C)c3ccc(-c5cccc6c7c8ccccc8ccc7n(-c7cccc(-c8nc(-c9ccccc9)nc(-c9ccccc9)n8)c7)c56)cc3N4c3ccccc3)cc2N(c2ccccc2)c2cc(-c3cccc4c5c6ccccc6ccc5n(-c5nc(-c6ccccc6)nc(-c6ccc(-c7ccccc7)cc6)n5)c34)ccc21. The van der Waals surface area contributed by atoms with E-state index in [-0.39, 0.29) is 0 Å². The molecule has 0 spiro atoms. The van der Waals surface area contributed by atoms with Crippen LogP contribution < -0.4 is 9.80 Å². The third-order valence-corrected chi connectivity index (χ3v) is 26.2. The lowest BCUT2D eigenvalue weighted by Crippen LogP contribution is -2.31. The van der Waals surface area contributed by atoms with Crippen LogP contribution in [0.2, 0.25) is 0 Å². The first-order valence-electron chi connectivity index (χ1n) is 43.1. The van der Waals surface area contributed by atoms with Crippen LogP contribution in [0, 0.1) is 0 Å². The summed E-state index contributed by atoms with van der Waals surface area (Å²) in [6, 6.07) is 149. The summed E-state index contributed by atoms with van der Waals surface area (Å²) in [6.45, 7) is 9.59. The van der Waals surface area contributed by atoms with Crippen molar-refractivity contribution in [2.45, 2.75) is 38.5 Å². The Labute approximate surface area is 729 Å². The number of aromatic nitrogens is 8. The van der Waals surface area contributed by atoms with E-state index in [2.05, 4.69) is 405 Å². The topological polar surface area (TPSA) is 93.7 Å². The van der Waals surface area contributed by atoms with Crippen molar-refractivity contribution in [1.82, 2.24) is 39.0 Å². The zero-order valence-electron chi connectivity index (χ0n) is 69.7. The Bertz CT molecular complexity index is 8070. The van der Waals surface area contributed by atoms with Crippen LogP contribution in [0.15, 0.2) is 413 Å². The Morgan fingerprint density at radius 1 is 0.206 bits per heavy atom. The lowest BCUT2D eigenvalue weighted by Gasteiger charge is -2.43. The number of fused-ring (bicyclic) bond motifs is 14. The number of hydrogen-bond donors (Lipinski definition) is 0. The maximum atomic E-state index is 5.54. The summed E-state index contributed by atoms with van der Waals surface area (Å²) in [6.07, 6.45) is 0. The maximum absolute atomic E-state index is 5.54. The van der Waals surface area contributed by atoms with Gasteiger partial charge in [-0.05, 0) is 156 Å². The molecule has 0 radical (unpaired) electrons. The molecule has 24 rings (SSSR count). The summed E-state index contributed by atoms with van der Waals surface area (Å²) in [7, 11) is 0. The Kier molecular flexibility index (Phi) is 17.1. The van der Waals surface area contributed by atoms with E-state index in [1.54, 1.807) is 0 Å². The van der Waals surface area contributed by atoms with Gasteiger partial charge in [-0.25, -0.2) is 19.9 Å². The van der Waals surface area contributed by atoms with Crippen LogP contribution in [0.5, 0.6) is 0 Å². The molecule has 0 atom stereocenters. The molecule has 0 unspecified atom stereocenters. The number of para-hydroxylation sites is 4. The van der Waals surface area contributed by atoms with Crippen LogP contribution in [0.25, 0.3) is 178 Å². The van der Waals surface area contributed by atoms with Gasteiger partial charge in [0, 0.05) is 88.4 Å². The zero-order chi connectivity index (χ0) is 83.9. The van der Waals surface area contributed by atoms with Gasteiger partial charge in [-0.3, -0.25) is 4.57 Å². The monoisotopic (exact) mass is 1610 g/mol. The highest BCUT2D eigenvalue weighted by molar-refractivity contribution is 6.25. The van der Waals surface area contributed by atoms with Gasteiger partial charge in [0.1, 0.15) is 0 Å². The average molecular weight is 1610 g/mol. The molecule has 18 aromatic carbocycles. The van der Waals surface area contributed by atoms with Gasteiger partial charge in [0.15, 0.2) is 29.1 Å². The first-order chi connectivity index (χ1) is 62.0. The molecule has 0 fully saturated rings. The van der Waals surface area contributed by atoms with Crippen molar-refractivity contribution in [2.75, 3.05) is 9.80 Å². The number of rotatable bonds is 13. The lowest BCUT2D eigenvalue weighted by atomic mass is 9.71. The highest BCUT2D eigenvalue weighted by Crippen LogP contribution is 2.58. The second kappa shape index (κ2) is 29.2. The Morgan fingerprint density at radius 3 is 1.05 bits per heavy atom. The predicted octanol–water partition coefficient (Wildman–Crippen LogP) is 29.8. The summed E-state index contributed by atoms with van der Waals surface area (Å²) < 4.78 is 4.76. The van der Waals surface area contributed by atoms with Gasteiger partial charge in [0.2, 0.25) is 5.95 Å². The maximum Gasteiger partial charge on any atom is 0.238 e. The molecule has 594 valence electrons. The number of anilines is 6. The molecular weight excluding hydrogens is 1530 g/mol. The summed E-state index contributed by atoms with van der Waals surface area (Å²) in [5, 5.41) is 9.31. The average Bonchev–Trinajstić information content (AvgIpc) is 1.13. The van der Waals surface area contributed by atoms with Crippen molar-refractivity contribution >= 4 is 99.3 Å². The summed E-state index contributed by atoms with van der Waals surface area (Å²) in [5.74, 6) is 3.54. The number of hydrogen-bond acceptors (Lipinski definition) is 8. The van der Waals surface area contributed by atoms with E-state index in [1.165, 1.54) is 43.8 Å². The minimum absolute atomic E-state index is 0.420. The molecule has 0 amide bonds. The zero-order valence-corrected chi connectivity index (χ0v) is 69.7. The molecule has 4 aromatic heterocycles. The summed E-state index contributed by atoms with van der Waals surface area (Å²) in [4.78, 5) is 36.8. The van der Waals surface area contributed by atoms with Gasteiger partial charge < -0.3 is 14.4 Å². The Hall–Kier alpha value is -16.3. The third-order valence-electron chi connectivity index (χ3n) is 26.2. The molecule has 2 aliphatic heterocycles. The molecule has 0 bridgehead atoms. The first kappa shape index (κ1) is 73.6. The van der Waals surface area contributed by atoms with Crippen molar-refractivity contribution in [3.63, 3.8) is 0 Å². The largest absolute Gasteiger partial charge is 0.310 e. The molecule has 0 saturated heterocycles. The van der Waals surface area contributed by atoms with Gasteiger partial charge in [0.05, 0.1) is 44.8 Å². The van der Waals surface area contributed by atoms with Gasteiger partial charge in [0.25, 0.3) is 0 Å². The molecule has 0 N–H and O–H groups in total. The molecule has 10 nitrogen and oxygen atoms in total. The molecule has 2 aliphatic rings. The fourth-order valence-electron chi connectivity index (χ4n) is 20.0. The van der Waals surface area contributed by atoms with Crippen molar-refractivity contribution in [2.24, 2.45) is 0 Å². The van der Waals surface area contributed by atoms with Gasteiger partial charge in [-0.1, -0.05) is 361 Å². The molecule has 0 saturated carbocycles. The third kappa shape index (κ3) is 12.0. The Morgan fingerprint density at radius 2 is 0.540 bits per heavy atom. The van der Waals surface area contributed by atoms with Crippen molar-refractivity contribution < 1.29 is 0 Å². The van der Waals surface area contributed by atoms with E-state index in [9.17, 15) is 0 Å². The minimum atomic E-state index is -0.463. The van der Waals surface area contributed by atoms with Crippen LogP contribution in [0.1, 0.15) is 49.9 Å². The second-order valence-corrected chi connectivity index (χ2v) is 34.1. The molecule has 22 aromatic rings. The fourth-order valence-corrected chi connectivity index (χ4v) is 20.0. The molecular formula is C116H80N10. The van der Waals surface area contributed by atoms with E-state index in [4.69, 9.17) is 29.9 Å². The van der Waals surface area contributed by atoms with Crippen LogP contribution in [-0.4, -0.2) is 39.0 Å². The molecule has 10 heteroatoms. The second-order valence-electron chi connectivity index (χ2n) is 34.1. The predicted molar refractivity (Wildman–Crippen MR) is 519 cm³/mol. The van der Waals surface area contributed by atoms with Crippen molar-refractivity contribution in [1.29, 1.82) is 0 Å². The lowest BCUT2D eigenvalue weighted by molar-refractivity contribution is 0.631.